The fourth-order valence-electron chi connectivity index (χ4n) is 2.69. The van der Waals surface area contributed by atoms with Crippen molar-refractivity contribution in [3.8, 4) is 0 Å². The Labute approximate surface area is 111 Å². The lowest BCUT2D eigenvalue weighted by molar-refractivity contribution is 0.104. The van der Waals surface area contributed by atoms with Gasteiger partial charge in [0.1, 0.15) is 0 Å². The van der Waals surface area contributed by atoms with Crippen LogP contribution in [0.1, 0.15) is 23.6 Å². The monoisotopic (exact) mass is 247 g/mol. The Morgan fingerprint density at radius 1 is 1.33 bits per heavy atom. The third kappa shape index (κ3) is 3.31. The number of benzene rings is 1. The summed E-state index contributed by atoms with van der Waals surface area (Å²) in [6.45, 7) is 5.54. The van der Waals surface area contributed by atoms with Gasteiger partial charge in [0.05, 0.1) is 0 Å². The molecular weight excluding hydrogens is 222 g/mol. The van der Waals surface area contributed by atoms with Gasteiger partial charge in [-0.25, -0.2) is 0 Å². The van der Waals surface area contributed by atoms with Crippen LogP contribution in [-0.2, 0) is 0 Å². The number of piperazine rings is 1. The SMILES string of the molecule is Cc1cccc(C(N)CC2CN(C)CCN2C)c1. The highest BCUT2D eigenvalue weighted by molar-refractivity contribution is 5.25. The largest absolute Gasteiger partial charge is 0.324 e. The van der Waals surface area contributed by atoms with Crippen LogP contribution in [0.15, 0.2) is 24.3 Å². The maximum absolute atomic E-state index is 6.36. The maximum Gasteiger partial charge on any atom is 0.0310 e. The van der Waals surface area contributed by atoms with Crippen LogP contribution in [0.4, 0.5) is 0 Å². The molecule has 1 fully saturated rings. The minimum Gasteiger partial charge on any atom is -0.324 e. The van der Waals surface area contributed by atoms with Crippen LogP contribution in [0.25, 0.3) is 0 Å². The second-order valence-electron chi connectivity index (χ2n) is 5.65. The van der Waals surface area contributed by atoms with E-state index in [4.69, 9.17) is 5.73 Å². The predicted molar refractivity (Wildman–Crippen MR) is 76.6 cm³/mol. The van der Waals surface area contributed by atoms with Crippen molar-refractivity contribution < 1.29 is 0 Å². The number of aryl methyl sites for hydroxylation is 1. The zero-order valence-corrected chi connectivity index (χ0v) is 11.8. The highest BCUT2D eigenvalue weighted by Gasteiger charge is 2.24. The summed E-state index contributed by atoms with van der Waals surface area (Å²) in [5.74, 6) is 0. The van der Waals surface area contributed by atoms with Crippen molar-refractivity contribution >= 4 is 0 Å². The molecule has 3 heteroatoms. The van der Waals surface area contributed by atoms with Crippen LogP contribution in [0.3, 0.4) is 0 Å². The van der Waals surface area contributed by atoms with Crippen molar-refractivity contribution in [3.63, 3.8) is 0 Å². The first-order valence-corrected chi connectivity index (χ1v) is 6.77. The van der Waals surface area contributed by atoms with Crippen molar-refractivity contribution in [2.24, 2.45) is 5.73 Å². The van der Waals surface area contributed by atoms with Crippen molar-refractivity contribution in [1.82, 2.24) is 9.80 Å². The number of nitrogens with zero attached hydrogens (tertiary/aromatic N) is 2. The van der Waals surface area contributed by atoms with Gasteiger partial charge in [0, 0.05) is 31.7 Å². The van der Waals surface area contributed by atoms with Gasteiger partial charge in [-0.1, -0.05) is 29.8 Å². The van der Waals surface area contributed by atoms with E-state index >= 15 is 0 Å². The number of hydrogen-bond donors (Lipinski definition) is 1. The van der Waals surface area contributed by atoms with E-state index in [1.165, 1.54) is 11.1 Å². The van der Waals surface area contributed by atoms with E-state index in [-0.39, 0.29) is 6.04 Å². The number of rotatable bonds is 3. The molecule has 1 aromatic rings. The summed E-state index contributed by atoms with van der Waals surface area (Å²) in [6, 6.07) is 9.28. The Kier molecular flexibility index (Phi) is 4.38. The predicted octanol–water partition coefficient (Wildman–Crippen LogP) is 1.63. The standard InChI is InChI=1S/C15H25N3/c1-12-5-4-6-13(9-12)15(16)10-14-11-17(2)7-8-18(14)3/h4-6,9,14-15H,7-8,10-11,16H2,1-3H3. The third-order valence-corrected chi connectivity index (χ3v) is 3.98. The average Bonchev–Trinajstić information content (AvgIpc) is 2.34. The summed E-state index contributed by atoms with van der Waals surface area (Å²) >= 11 is 0. The smallest absolute Gasteiger partial charge is 0.0310 e. The van der Waals surface area contributed by atoms with Gasteiger partial charge >= 0.3 is 0 Å². The molecule has 1 aliphatic heterocycles. The van der Waals surface area contributed by atoms with Gasteiger partial charge in [-0.2, -0.15) is 0 Å². The Morgan fingerprint density at radius 3 is 2.83 bits per heavy atom. The van der Waals surface area contributed by atoms with Gasteiger partial charge in [-0.15, -0.1) is 0 Å². The molecule has 0 spiro atoms. The van der Waals surface area contributed by atoms with Crippen molar-refractivity contribution in [1.29, 1.82) is 0 Å². The first-order valence-electron chi connectivity index (χ1n) is 6.77. The fraction of sp³-hybridized carbons (Fsp3) is 0.600. The molecule has 1 heterocycles. The van der Waals surface area contributed by atoms with E-state index in [0.29, 0.717) is 6.04 Å². The molecule has 0 saturated carbocycles. The Morgan fingerprint density at radius 2 is 2.11 bits per heavy atom. The van der Waals surface area contributed by atoms with Gasteiger partial charge in [0.15, 0.2) is 0 Å². The zero-order chi connectivity index (χ0) is 13.1. The Hall–Kier alpha value is -0.900. The van der Waals surface area contributed by atoms with Crippen molar-refractivity contribution in [3.05, 3.63) is 35.4 Å². The van der Waals surface area contributed by atoms with Crippen LogP contribution >= 0.6 is 0 Å². The van der Waals surface area contributed by atoms with Gasteiger partial charge in [0.25, 0.3) is 0 Å². The van der Waals surface area contributed by atoms with Crippen LogP contribution in [0.2, 0.25) is 0 Å². The molecule has 0 amide bonds. The van der Waals surface area contributed by atoms with Crippen LogP contribution < -0.4 is 5.73 Å². The molecule has 2 atom stereocenters. The maximum atomic E-state index is 6.36. The van der Waals surface area contributed by atoms with Crippen LogP contribution in [0.5, 0.6) is 0 Å². The minimum absolute atomic E-state index is 0.142. The molecular formula is C15H25N3. The summed E-state index contributed by atoms with van der Waals surface area (Å²) in [5.41, 5.74) is 8.91. The van der Waals surface area contributed by atoms with E-state index in [1.807, 2.05) is 0 Å². The average molecular weight is 247 g/mol. The molecule has 0 aliphatic carbocycles. The number of nitrogens with two attached hydrogens (primary N) is 1. The molecule has 2 unspecified atom stereocenters. The molecule has 0 bridgehead atoms. The van der Waals surface area contributed by atoms with E-state index in [0.717, 1.165) is 26.1 Å². The normalized spacial score (nSPS) is 24.1. The van der Waals surface area contributed by atoms with Gasteiger partial charge in [0.2, 0.25) is 0 Å². The summed E-state index contributed by atoms with van der Waals surface area (Å²) in [6.07, 6.45) is 1.03. The van der Waals surface area contributed by atoms with Crippen LogP contribution in [0, 0.1) is 6.92 Å². The summed E-state index contributed by atoms with van der Waals surface area (Å²) < 4.78 is 0. The highest BCUT2D eigenvalue weighted by atomic mass is 15.3. The van der Waals surface area contributed by atoms with Gasteiger partial charge < -0.3 is 15.5 Å². The van der Waals surface area contributed by atoms with E-state index in [1.54, 1.807) is 0 Å². The van der Waals surface area contributed by atoms with Gasteiger partial charge in [-0.3, -0.25) is 0 Å². The molecule has 1 aromatic carbocycles. The Bertz CT molecular complexity index is 391. The lowest BCUT2D eigenvalue weighted by atomic mass is 9.97. The number of hydrogen-bond acceptors (Lipinski definition) is 3. The first kappa shape index (κ1) is 13.5. The zero-order valence-electron chi connectivity index (χ0n) is 11.8. The second-order valence-corrected chi connectivity index (χ2v) is 5.65. The molecule has 2 rings (SSSR count). The topological polar surface area (TPSA) is 32.5 Å². The summed E-state index contributed by atoms with van der Waals surface area (Å²) in [7, 11) is 4.40. The molecule has 1 aliphatic rings. The third-order valence-electron chi connectivity index (χ3n) is 3.98. The molecule has 100 valence electrons. The van der Waals surface area contributed by atoms with Crippen LogP contribution in [-0.4, -0.2) is 49.6 Å². The van der Waals surface area contributed by atoms with Gasteiger partial charge in [-0.05, 0) is 33.0 Å². The molecule has 18 heavy (non-hydrogen) atoms. The van der Waals surface area contributed by atoms with E-state index in [2.05, 4.69) is 55.1 Å². The quantitative estimate of drug-likeness (QED) is 0.881. The van der Waals surface area contributed by atoms with E-state index < -0.39 is 0 Å². The highest BCUT2D eigenvalue weighted by Crippen LogP contribution is 2.21. The van der Waals surface area contributed by atoms with Crippen molar-refractivity contribution in [2.75, 3.05) is 33.7 Å². The molecule has 2 N–H and O–H groups in total. The first-order chi connectivity index (χ1) is 8.56. The van der Waals surface area contributed by atoms with E-state index in [9.17, 15) is 0 Å². The lowest BCUT2D eigenvalue weighted by Gasteiger charge is -2.38. The Balaban J connectivity index is 2.00. The lowest BCUT2D eigenvalue weighted by Crippen LogP contribution is -2.50. The van der Waals surface area contributed by atoms with Crippen molar-refractivity contribution in [2.45, 2.75) is 25.4 Å². The number of likely N-dealkylation sites (N-methyl/N-ethyl adjacent to an activating group) is 2. The molecule has 0 aromatic heterocycles. The minimum atomic E-state index is 0.142. The second kappa shape index (κ2) is 5.83. The molecule has 1 saturated heterocycles. The summed E-state index contributed by atoms with van der Waals surface area (Å²) in [5, 5.41) is 0. The fourth-order valence-corrected chi connectivity index (χ4v) is 2.69. The molecule has 3 nitrogen and oxygen atoms in total. The summed E-state index contributed by atoms with van der Waals surface area (Å²) in [4.78, 5) is 4.84. The molecule has 0 radical (unpaired) electrons.